The lowest BCUT2D eigenvalue weighted by Gasteiger charge is -2.19. The predicted octanol–water partition coefficient (Wildman–Crippen LogP) is 6.45. The van der Waals surface area contributed by atoms with Crippen molar-refractivity contribution in [3.8, 4) is 23.1 Å². The molecular weight excluding hydrogens is 463 g/mol. The highest BCUT2D eigenvalue weighted by Gasteiger charge is 2.31. The molecule has 0 fully saturated rings. The number of pyridine rings is 1. The zero-order chi connectivity index (χ0) is 25.4. The Morgan fingerprint density at radius 3 is 2.49 bits per heavy atom. The largest absolute Gasteiger partial charge is 0.487 e. The van der Waals surface area contributed by atoms with Gasteiger partial charge < -0.3 is 19.3 Å². The Morgan fingerprint density at radius 1 is 1.09 bits per heavy atom. The number of carboxylic acid groups (broad SMARTS) is 1. The van der Waals surface area contributed by atoms with Crippen LogP contribution in [0.15, 0.2) is 60.8 Å². The second kappa shape index (κ2) is 11.6. The Balaban J connectivity index is 1.61. The molecule has 35 heavy (non-hydrogen) atoms. The molecule has 2 aromatic carbocycles. The molecular formula is C26H26F3NO5. The Morgan fingerprint density at radius 2 is 1.83 bits per heavy atom. The molecule has 0 unspecified atom stereocenters. The highest BCUT2D eigenvalue weighted by Crippen LogP contribution is 2.38. The molecule has 0 aliphatic heterocycles. The summed E-state index contributed by atoms with van der Waals surface area (Å²) in [4.78, 5) is 15.0. The van der Waals surface area contributed by atoms with E-state index in [1.807, 2.05) is 6.92 Å². The van der Waals surface area contributed by atoms with Crippen LogP contribution in [0.1, 0.15) is 36.5 Å². The Kier molecular flexibility index (Phi) is 8.57. The number of ether oxygens (including phenoxy) is 3. The number of carboxylic acids is 1. The highest BCUT2D eigenvalue weighted by atomic mass is 19.4. The second-order valence-corrected chi connectivity index (χ2v) is 7.98. The van der Waals surface area contributed by atoms with Crippen molar-refractivity contribution in [1.82, 2.24) is 4.98 Å². The van der Waals surface area contributed by atoms with Gasteiger partial charge in [0.2, 0.25) is 5.88 Å². The van der Waals surface area contributed by atoms with E-state index in [2.05, 4.69) is 4.98 Å². The van der Waals surface area contributed by atoms with Crippen LogP contribution in [0.25, 0.3) is 0 Å². The normalized spacial score (nSPS) is 12.1. The molecule has 3 rings (SSSR count). The first-order valence-corrected chi connectivity index (χ1v) is 11.0. The van der Waals surface area contributed by atoms with E-state index in [1.54, 1.807) is 49.5 Å². The fourth-order valence-corrected chi connectivity index (χ4v) is 3.22. The smallest absolute Gasteiger partial charge is 0.416 e. The summed E-state index contributed by atoms with van der Waals surface area (Å²) in [5.41, 5.74) is 0.887. The second-order valence-electron chi connectivity index (χ2n) is 7.98. The molecule has 1 aromatic heterocycles. The minimum atomic E-state index is -4.51. The molecule has 186 valence electrons. The minimum Gasteiger partial charge on any atom is -0.487 e. The number of benzene rings is 2. The maximum absolute atomic E-state index is 13.2. The number of carbonyl (C=O) groups is 1. The molecule has 0 aliphatic carbocycles. The Bertz CT molecular complexity index is 1140. The number of aliphatic carboxylic acids is 1. The van der Waals surface area contributed by atoms with Crippen LogP contribution in [0.2, 0.25) is 0 Å². The number of alkyl halides is 3. The van der Waals surface area contributed by atoms with Gasteiger partial charge in [0.1, 0.15) is 5.75 Å². The number of aromatic nitrogens is 1. The van der Waals surface area contributed by atoms with Gasteiger partial charge >= 0.3 is 12.1 Å². The van der Waals surface area contributed by atoms with E-state index in [4.69, 9.17) is 19.3 Å². The van der Waals surface area contributed by atoms with Crippen LogP contribution in [0, 0.1) is 6.92 Å². The quantitative estimate of drug-likeness (QED) is 0.333. The van der Waals surface area contributed by atoms with Gasteiger partial charge in [0.15, 0.2) is 11.5 Å². The van der Waals surface area contributed by atoms with Crippen LogP contribution in [0.3, 0.4) is 0 Å². The summed E-state index contributed by atoms with van der Waals surface area (Å²) < 4.78 is 56.9. The van der Waals surface area contributed by atoms with Crippen molar-refractivity contribution in [1.29, 1.82) is 0 Å². The van der Waals surface area contributed by atoms with E-state index in [9.17, 15) is 18.0 Å². The summed E-state index contributed by atoms with van der Waals surface area (Å²) in [6.45, 7) is 3.90. The van der Waals surface area contributed by atoms with Crippen molar-refractivity contribution in [2.45, 2.75) is 45.4 Å². The number of hydrogen-bond acceptors (Lipinski definition) is 5. The molecule has 0 bridgehead atoms. The van der Waals surface area contributed by atoms with Gasteiger partial charge in [-0.2, -0.15) is 13.2 Å². The van der Waals surface area contributed by atoms with Crippen molar-refractivity contribution in [2.24, 2.45) is 0 Å². The standard InChI is InChI=1S/C26H26F3NO5/c1-17-14-24(30-16-19(17)8-11-25(31)32)33-13-12-18(2)34-22-10-9-20(26(27,28)29)15-23(22)35-21-6-4-3-5-7-21/h3-7,9-10,14-16,18H,8,11-13H2,1-2H3,(H,31,32)/t18-/m1/s1. The van der Waals surface area contributed by atoms with E-state index in [1.165, 1.54) is 6.07 Å². The molecule has 1 heterocycles. The van der Waals surface area contributed by atoms with E-state index in [0.717, 1.165) is 23.3 Å². The molecule has 9 heteroatoms. The number of aryl methyl sites for hydroxylation is 2. The third-order valence-corrected chi connectivity index (χ3v) is 5.15. The Hall–Kier alpha value is -3.75. The maximum Gasteiger partial charge on any atom is 0.416 e. The molecule has 0 aliphatic rings. The number of para-hydroxylation sites is 1. The van der Waals surface area contributed by atoms with Gasteiger partial charge in [0.25, 0.3) is 0 Å². The third-order valence-electron chi connectivity index (χ3n) is 5.15. The van der Waals surface area contributed by atoms with Gasteiger partial charge in [-0.05, 0) is 61.7 Å². The van der Waals surface area contributed by atoms with Crippen LogP contribution < -0.4 is 14.2 Å². The summed E-state index contributed by atoms with van der Waals surface area (Å²) in [5, 5.41) is 8.82. The lowest BCUT2D eigenvalue weighted by molar-refractivity contribution is -0.138. The monoisotopic (exact) mass is 489 g/mol. The van der Waals surface area contributed by atoms with E-state index in [-0.39, 0.29) is 30.6 Å². The molecule has 0 saturated carbocycles. The van der Waals surface area contributed by atoms with Crippen LogP contribution in [0.5, 0.6) is 23.1 Å². The van der Waals surface area contributed by atoms with Gasteiger partial charge in [-0.15, -0.1) is 0 Å². The minimum absolute atomic E-state index is 0.0253. The first kappa shape index (κ1) is 25.9. The molecule has 0 spiro atoms. The Labute approximate surface area is 201 Å². The number of nitrogens with zero attached hydrogens (tertiary/aromatic N) is 1. The fraction of sp³-hybridized carbons (Fsp3) is 0.308. The number of halogens is 3. The average Bonchev–Trinajstić information content (AvgIpc) is 2.79. The molecule has 3 aromatic rings. The zero-order valence-corrected chi connectivity index (χ0v) is 19.3. The molecule has 0 saturated heterocycles. The first-order chi connectivity index (χ1) is 16.6. The third kappa shape index (κ3) is 7.91. The summed E-state index contributed by atoms with van der Waals surface area (Å²) in [7, 11) is 0. The number of rotatable bonds is 11. The van der Waals surface area contributed by atoms with Crippen molar-refractivity contribution in [3.05, 3.63) is 77.5 Å². The molecule has 0 amide bonds. The summed E-state index contributed by atoms with van der Waals surface area (Å²) in [5.74, 6) is 0.0699. The molecule has 6 nitrogen and oxygen atoms in total. The first-order valence-electron chi connectivity index (χ1n) is 11.0. The lowest BCUT2D eigenvalue weighted by atomic mass is 10.1. The topological polar surface area (TPSA) is 77.9 Å². The van der Waals surface area contributed by atoms with Crippen molar-refractivity contribution < 1.29 is 37.3 Å². The van der Waals surface area contributed by atoms with Crippen LogP contribution in [-0.4, -0.2) is 28.8 Å². The summed E-state index contributed by atoms with van der Waals surface area (Å²) in [6.07, 6.45) is -2.45. The van der Waals surface area contributed by atoms with Crippen molar-refractivity contribution in [2.75, 3.05) is 6.61 Å². The molecule has 1 atom stereocenters. The van der Waals surface area contributed by atoms with Gasteiger partial charge in [-0.1, -0.05) is 18.2 Å². The van der Waals surface area contributed by atoms with Crippen molar-refractivity contribution in [3.63, 3.8) is 0 Å². The van der Waals surface area contributed by atoms with Gasteiger partial charge in [-0.3, -0.25) is 4.79 Å². The van der Waals surface area contributed by atoms with Gasteiger partial charge in [-0.25, -0.2) is 4.98 Å². The maximum atomic E-state index is 13.2. The van der Waals surface area contributed by atoms with Crippen molar-refractivity contribution >= 4 is 5.97 Å². The van der Waals surface area contributed by atoms with Crippen LogP contribution >= 0.6 is 0 Å². The average molecular weight is 489 g/mol. The molecule has 1 N–H and O–H groups in total. The number of hydrogen-bond donors (Lipinski definition) is 1. The van der Waals surface area contributed by atoms with E-state index < -0.39 is 17.7 Å². The summed E-state index contributed by atoms with van der Waals surface area (Å²) >= 11 is 0. The highest BCUT2D eigenvalue weighted by molar-refractivity contribution is 5.67. The lowest BCUT2D eigenvalue weighted by Crippen LogP contribution is -2.17. The van der Waals surface area contributed by atoms with Crippen LogP contribution in [0.4, 0.5) is 13.2 Å². The predicted molar refractivity (Wildman–Crippen MR) is 123 cm³/mol. The summed E-state index contributed by atoms with van der Waals surface area (Å²) in [6, 6.07) is 13.4. The van der Waals surface area contributed by atoms with Crippen LogP contribution in [-0.2, 0) is 17.4 Å². The van der Waals surface area contributed by atoms with E-state index >= 15 is 0 Å². The molecule has 0 radical (unpaired) electrons. The zero-order valence-electron chi connectivity index (χ0n) is 19.3. The van der Waals surface area contributed by atoms with Gasteiger partial charge in [0.05, 0.1) is 18.3 Å². The fourth-order valence-electron chi connectivity index (χ4n) is 3.22. The van der Waals surface area contributed by atoms with Gasteiger partial charge in [0, 0.05) is 25.1 Å². The van der Waals surface area contributed by atoms with E-state index in [0.29, 0.717) is 24.5 Å². The SMILES string of the molecule is Cc1cc(OCC[C@@H](C)Oc2ccc(C(F)(F)F)cc2Oc2ccccc2)ncc1CCC(=O)O.